The van der Waals surface area contributed by atoms with E-state index in [9.17, 15) is 9.18 Å². The van der Waals surface area contributed by atoms with Crippen molar-refractivity contribution >= 4 is 5.91 Å². The van der Waals surface area contributed by atoms with Gasteiger partial charge in [-0.1, -0.05) is 13.0 Å². The highest BCUT2D eigenvalue weighted by Crippen LogP contribution is 1.99. The quantitative estimate of drug-likeness (QED) is 0.723. The van der Waals surface area contributed by atoms with Crippen molar-refractivity contribution in [2.45, 2.75) is 19.4 Å². The number of nitrogens with zero attached hydrogens (tertiary/aromatic N) is 1. The Morgan fingerprint density at radius 1 is 1.67 bits per heavy atom. The fourth-order valence-corrected chi connectivity index (χ4v) is 1.07. The van der Waals surface area contributed by atoms with Crippen LogP contribution in [0.2, 0.25) is 0 Å². The molecule has 1 heterocycles. The minimum Gasteiger partial charge on any atom is -0.394 e. The van der Waals surface area contributed by atoms with Crippen LogP contribution < -0.4 is 5.32 Å². The third-order valence-electron chi connectivity index (χ3n) is 2.00. The second-order valence-corrected chi connectivity index (χ2v) is 3.11. The van der Waals surface area contributed by atoms with Crippen molar-refractivity contribution in [1.29, 1.82) is 0 Å². The maximum atomic E-state index is 12.7. The molecule has 0 bridgehead atoms. The molecule has 1 atom stereocenters. The molecule has 1 aromatic heterocycles. The summed E-state index contributed by atoms with van der Waals surface area (Å²) in [7, 11) is 0. The van der Waals surface area contributed by atoms with E-state index in [4.69, 9.17) is 5.11 Å². The first-order valence-electron chi connectivity index (χ1n) is 4.71. The van der Waals surface area contributed by atoms with Crippen LogP contribution in [0, 0.1) is 5.95 Å². The van der Waals surface area contributed by atoms with Crippen LogP contribution in [-0.2, 0) is 0 Å². The molecule has 0 aromatic carbocycles. The molecule has 82 valence electrons. The van der Waals surface area contributed by atoms with Crippen molar-refractivity contribution < 1.29 is 14.3 Å². The SMILES string of the molecule is CC[C@@H](CO)NC(=O)c1cccc(F)n1. The van der Waals surface area contributed by atoms with Crippen LogP contribution in [-0.4, -0.2) is 28.6 Å². The van der Waals surface area contributed by atoms with Crippen molar-refractivity contribution in [2.75, 3.05) is 6.61 Å². The monoisotopic (exact) mass is 212 g/mol. The summed E-state index contributed by atoms with van der Waals surface area (Å²) in [5.74, 6) is -1.17. The van der Waals surface area contributed by atoms with Crippen LogP contribution in [0.15, 0.2) is 18.2 Å². The lowest BCUT2D eigenvalue weighted by Crippen LogP contribution is -2.37. The topological polar surface area (TPSA) is 62.2 Å². The minimum atomic E-state index is -0.695. The lowest BCUT2D eigenvalue weighted by atomic mass is 10.2. The number of carbonyl (C=O) groups is 1. The van der Waals surface area contributed by atoms with Crippen molar-refractivity contribution in [1.82, 2.24) is 10.3 Å². The van der Waals surface area contributed by atoms with Crippen molar-refractivity contribution in [3.8, 4) is 0 Å². The molecule has 0 saturated carbocycles. The normalized spacial score (nSPS) is 12.2. The van der Waals surface area contributed by atoms with Gasteiger partial charge in [-0.05, 0) is 18.6 Å². The number of aliphatic hydroxyl groups excluding tert-OH is 1. The molecule has 0 aliphatic carbocycles. The average molecular weight is 212 g/mol. The molecule has 1 amide bonds. The van der Waals surface area contributed by atoms with E-state index in [1.165, 1.54) is 18.2 Å². The largest absolute Gasteiger partial charge is 0.394 e. The van der Waals surface area contributed by atoms with E-state index in [1.54, 1.807) is 0 Å². The second kappa shape index (κ2) is 5.41. The number of halogens is 1. The number of amides is 1. The number of aromatic nitrogens is 1. The standard InChI is InChI=1S/C10H13FN2O2/c1-2-7(6-14)12-10(15)8-4-3-5-9(11)13-8/h3-5,7,14H,2,6H2,1H3,(H,12,15)/t7-/m0/s1. The van der Waals surface area contributed by atoms with Crippen LogP contribution >= 0.6 is 0 Å². The highest BCUT2D eigenvalue weighted by molar-refractivity contribution is 5.92. The number of hydrogen-bond acceptors (Lipinski definition) is 3. The van der Waals surface area contributed by atoms with Gasteiger partial charge in [0.15, 0.2) is 0 Å². The Labute approximate surface area is 87.1 Å². The number of hydrogen-bond donors (Lipinski definition) is 2. The molecule has 0 unspecified atom stereocenters. The molecule has 0 aliphatic rings. The van der Waals surface area contributed by atoms with E-state index in [0.29, 0.717) is 6.42 Å². The maximum absolute atomic E-state index is 12.7. The fourth-order valence-electron chi connectivity index (χ4n) is 1.07. The van der Waals surface area contributed by atoms with E-state index in [1.807, 2.05) is 6.92 Å². The highest BCUT2D eigenvalue weighted by atomic mass is 19.1. The van der Waals surface area contributed by atoms with Gasteiger partial charge in [0.25, 0.3) is 5.91 Å². The van der Waals surface area contributed by atoms with Gasteiger partial charge in [-0.3, -0.25) is 4.79 Å². The van der Waals surface area contributed by atoms with Gasteiger partial charge in [-0.25, -0.2) is 4.98 Å². The minimum absolute atomic E-state index is 0.0156. The van der Waals surface area contributed by atoms with Gasteiger partial charge in [0.05, 0.1) is 12.6 Å². The number of carbonyl (C=O) groups excluding carboxylic acids is 1. The lowest BCUT2D eigenvalue weighted by Gasteiger charge is -2.13. The summed E-state index contributed by atoms with van der Waals surface area (Å²) < 4.78 is 12.7. The van der Waals surface area contributed by atoms with E-state index in [2.05, 4.69) is 10.3 Å². The highest BCUT2D eigenvalue weighted by Gasteiger charge is 2.12. The van der Waals surface area contributed by atoms with E-state index >= 15 is 0 Å². The van der Waals surface area contributed by atoms with Gasteiger partial charge in [0.2, 0.25) is 5.95 Å². The van der Waals surface area contributed by atoms with Crippen LogP contribution in [0.25, 0.3) is 0 Å². The summed E-state index contributed by atoms with van der Waals surface area (Å²) in [5.41, 5.74) is 0.0156. The van der Waals surface area contributed by atoms with Crippen molar-refractivity contribution in [2.24, 2.45) is 0 Å². The molecule has 0 saturated heterocycles. The lowest BCUT2D eigenvalue weighted by molar-refractivity contribution is 0.0908. The predicted octanol–water partition coefficient (Wildman–Crippen LogP) is 0.721. The molecule has 0 radical (unpaired) electrons. The Morgan fingerprint density at radius 2 is 2.40 bits per heavy atom. The van der Waals surface area contributed by atoms with E-state index in [-0.39, 0.29) is 18.3 Å². The molecule has 1 rings (SSSR count). The Hall–Kier alpha value is -1.49. The van der Waals surface area contributed by atoms with E-state index in [0.717, 1.165) is 0 Å². The number of rotatable bonds is 4. The second-order valence-electron chi connectivity index (χ2n) is 3.11. The van der Waals surface area contributed by atoms with Gasteiger partial charge in [0, 0.05) is 0 Å². The zero-order valence-electron chi connectivity index (χ0n) is 8.40. The van der Waals surface area contributed by atoms with Gasteiger partial charge in [0.1, 0.15) is 5.69 Å². The molecule has 15 heavy (non-hydrogen) atoms. The summed E-state index contributed by atoms with van der Waals surface area (Å²) in [6.45, 7) is 1.69. The average Bonchev–Trinajstić information content (AvgIpc) is 2.25. The summed E-state index contributed by atoms with van der Waals surface area (Å²) in [6.07, 6.45) is 0.609. The van der Waals surface area contributed by atoms with Gasteiger partial charge < -0.3 is 10.4 Å². The van der Waals surface area contributed by atoms with Crippen LogP contribution in [0.1, 0.15) is 23.8 Å². The zero-order valence-corrected chi connectivity index (χ0v) is 8.40. The maximum Gasteiger partial charge on any atom is 0.270 e. The fraction of sp³-hybridized carbons (Fsp3) is 0.400. The number of nitrogens with one attached hydrogen (secondary N) is 1. The van der Waals surface area contributed by atoms with Gasteiger partial charge >= 0.3 is 0 Å². The summed E-state index contributed by atoms with van der Waals surface area (Å²) in [4.78, 5) is 14.9. The van der Waals surface area contributed by atoms with Crippen molar-refractivity contribution in [3.63, 3.8) is 0 Å². The van der Waals surface area contributed by atoms with Gasteiger partial charge in [-0.15, -0.1) is 0 Å². The smallest absolute Gasteiger partial charge is 0.270 e. The molecular formula is C10H13FN2O2. The summed E-state index contributed by atoms with van der Waals surface area (Å²) >= 11 is 0. The van der Waals surface area contributed by atoms with Crippen LogP contribution in [0.4, 0.5) is 4.39 Å². The Bertz CT molecular complexity index is 340. The molecule has 2 N–H and O–H groups in total. The Morgan fingerprint density at radius 3 is 2.93 bits per heavy atom. The third kappa shape index (κ3) is 3.28. The zero-order chi connectivity index (χ0) is 11.3. The Kier molecular flexibility index (Phi) is 4.17. The molecule has 5 heteroatoms. The number of pyridine rings is 1. The molecule has 1 aromatic rings. The van der Waals surface area contributed by atoms with Crippen molar-refractivity contribution in [3.05, 3.63) is 29.8 Å². The predicted molar refractivity (Wildman–Crippen MR) is 52.8 cm³/mol. The first-order valence-corrected chi connectivity index (χ1v) is 4.71. The first kappa shape index (κ1) is 11.6. The van der Waals surface area contributed by atoms with E-state index < -0.39 is 11.9 Å². The number of aliphatic hydroxyl groups is 1. The van der Waals surface area contributed by atoms with Crippen LogP contribution in [0.3, 0.4) is 0 Å². The molecule has 0 aliphatic heterocycles. The first-order chi connectivity index (χ1) is 7.17. The summed E-state index contributed by atoms with van der Waals surface area (Å²) in [6, 6.07) is 3.68. The third-order valence-corrected chi connectivity index (χ3v) is 2.00. The Balaban J connectivity index is 2.68. The van der Waals surface area contributed by atoms with Gasteiger partial charge in [-0.2, -0.15) is 4.39 Å². The molecule has 4 nitrogen and oxygen atoms in total. The molecular weight excluding hydrogens is 199 g/mol. The summed E-state index contributed by atoms with van der Waals surface area (Å²) in [5, 5.41) is 11.4. The molecule has 0 fully saturated rings. The van der Waals surface area contributed by atoms with Crippen LogP contribution in [0.5, 0.6) is 0 Å². The molecule has 0 spiro atoms.